The molecule has 5 heteroatoms. The van der Waals surface area contributed by atoms with Crippen LogP contribution in [-0.2, 0) is 14.6 Å². The molecule has 0 aromatic rings. The second kappa shape index (κ2) is 7.24. The van der Waals surface area contributed by atoms with Crippen molar-refractivity contribution in [2.75, 3.05) is 31.6 Å². The predicted octanol–water partition coefficient (Wildman–Crippen LogP) is 1.36. The van der Waals surface area contributed by atoms with Crippen LogP contribution in [0.25, 0.3) is 0 Å². The van der Waals surface area contributed by atoms with E-state index >= 15 is 0 Å². The number of sulfone groups is 1. The SMILES string of the molecule is CC1CCN(C)CC1.O=CC1CCS(=O)(=O)CC1. The maximum absolute atomic E-state index is 10.8. The summed E-state index contributed by atoms with van der Waals surface area (Å²) in [7, 11) is -0.584. The van der Waals surface area contributed by atoms with Crippen LogP contribution in [0.5, 0.6) is 0 Å². The number of likely N-dealkylation sites (tertiary alicyclic amines) is 1. The van der Waals surface area contributed by atoms with Crippen molar-refractivity contribution in [2.24, 2.45) is 11.8 Å². The van der Waals surface area contributed by atoms with Crippen molar-refractivity contribution in [2.45, 2.75) is 32.6 Å². The minimum atomic E-state index is -2.78. The Kier molecular flexibility index (Phi) is 6.29. The van der Waals surface area contributed by atoms with Gasteiger partial charge in [-0.15, -0.1) is 0 Å². The molecular weight excluding hydrogens is 250 g/mol. The highest BCUT2D eigenvalue weighted by Crippen LogP contribution is 2.16. The lowest BCUT2D eigenvalue weighted by molar-refractivity contribution is -0.111. The summed E-state index contributed by atoms with van der Waals surface area (Å²) in [5, 5.41) is 0. The first kappa shape index (κ1) is 15.6. The Bertz CT molecular complexity index is 321. The van der Waals surface area contributed by atoms with Crippen molar-refractivity contribution in [1.82, 2.24) is 4.90 Å². The lowest BCUT2D eigenvalue weighted by Gasteiger charge is -2.26. The first-order chi connectivity index (χ1) is 8.43. The van der Waals surface area contributed by atoms with Crippen LogP contribution in [0.1, 0.15) is 32.6 Å². The van der Waals surface area contributed by atoms with E-state index in [0.717, 1.165) is 12.2 Å². The summed E-state index contributed by atoms with van der Waals surface area (Å²) in [5.74, 6) is 1.35. The number of piperidine rings is 1. The quantitative estimate of drug-likeness (QED) is 0.678. The maximum Gasteiger partial charge on any atom is 0.150 e. The molecule has 2 fully saturated rings. The Morgan fingerprint density at radius 2 is 1.56 bits per heavy atom. The molecule has 0 bridgehead atoms. The molecule has 2 aliphatic heterocycles. The van der Waals surface area contributed by atoms with Crippen molar-refractivity contribution in [1.29, 1.82) is 0 Å². The average Bonchev–Trinajstić information content (AvgIpc) is 2.34. The smallest absolute Gasteiger partial charge is 0.150 e. The summed E-state index contributed by atoms with van der Waals surface area (Å²) >= 11 is 0. The molecular formula is C13H25NO3S. The summed E-state index contributed by atoms with van der Waals surface area (Å²) in [6.07, 6.45) is 4.69. The van der Waals surface area contributed by atoms with E-state index in [1.165, 1.54) is 25.9 Å². The molecule has 0 N–H and O–H groups in total. The molecule has 0 aromatic heterocycles. The molecule has 0 spiro atoms. The predicted molar refractivity (Wildman–Crippen MR) is 73.3 cm³/mol. The molecule has 106 valence electrons. The topological polar surface area (TPSA) is 54.5 Å². The molecule has 0 unspecified atom stereocenters. The Labute approximate surface area is 111 Å². The average molecular weight is 275 g/mol. The van der Waals surface area contributed by atoms with Gasteiger partial charge in [-0.05, 0) is 51.7 Å². The fourth-order valence-electron chi connectivity index (χ4n) is 2.18. The maximum atomic E-state index is 10.8. The van der Waals surface area contributed by atoms with Gasteiger partial charge >= 0.3 is 0 Å². The number of aldehydes is 1. The van der Waals surface area contributed by atoms with Crippen LogP contribution in [0.2, 0.25) is 0 Å². The van der Waals surface area contributed by atoms with Gasteiger partial charge in [0.1, 0.15) is 16.1 Å². The van der Waals surface area contributed by atoms with Crippen LogP contribution < -0.4 is 0 Å². The molecule has 0 atom stereocenters. The highest BCUT2D eigenvalue weighted by atomic mass is 32.2. The zero-order valence-electron chi connectivity index (χ0n) is 11.5. The summed E-state index contributed by atoms with van der Waals surface area (Å²) in [4.78, 5) is 12.6. The van der Waals surface area contributed by atoms with Crippen LogP contribution >= 0.6 is 0 Å². The summed E-state index contributed by atoms with van der Waals surface area (Å²) < 4.78 is 21.6. The van der Waals surface area contributed by atoms with E-state index < -0.39 is 9.84 Å². The molecule has 2 rings (SSSR count). The number of carbonyl (C=O) groups is 1. The highest BCUT2D eigenvalue weighted by molar-refractivity contribution is 7.91. The van der Waals surface area contributed by atoms with E-state index in [-0.39, 0.29) is 17.4 Å². The van der Waals surface area contributed by atoms with E-state index in [1.54, 1.807) is 0 Å². The highest BCUT2D eigenvalue weighted by Gasteiger charge is 2.22. The Balaban J connectivity index is 0.000000184. The van der Waals surface area contributed by atoms with E-state index in [2.05, 4.69) is 18.9 Å². The van der Waals surface area contributed by atoms with Crippen molar-refractivity contribution >= 4 is 16.1 Å². The van der Waals surface area contributed by atoms with Gasteiger partial charge in [0, 0.05) is 5.92 Å². The van der Waals surface area contributed by atoms with Gasteiger partial charge in [0.25, 0.3) is 0 Å². The van der Waals surface area contributed by atoms with E-state index in [4.69, 9.17) is 0 Å². The van der Waals surface area contributed by atoms with Gasteiger partial charge in [-0.3, -0.25) is 0 Å². The lowest BCUT2D eigenvalue weighted by atomic mass is 10.00. The lowest BCUT2D eigenvalue weighted by Crippen LogP contribution is -2.28. The van der Waals surface area contributed by atoms with Crippen LogP contribution in [0.3, 0.4) is 0 Å². The van der Waals surface area contributed by atoms with Crippen LogP contribution in [0.4, 0.5) is 0 Å². The number of nitrogens with zero attached hydrogens (tertiary/aromatic N) is 1. The van der Waals surface area contributed by atoms with Gasteiger partial charge in [0.2, 0.25) is 0 Å². The Morgan fingerprint density at radius 1 is 1.06 bits per heavy atom. The van der Waals surface area contributed by atoms with Crippen LogP contribution in [0.15, 0.2) is 0 Å². The first-order valence-corrected chi connectivity index (χ1v) is 8.59. The third-order valence-electron chi connectivity index (χ3n) is 3.80. The van der Waals surface area contributed by atoms with Gasteiger partial charge in [-0.25, -0.2) is 8.42 Å². The molecule has 4 nitrogen and oxygen atoms in total. The molecule has 0 radical (unpaired) electrons. The molecule has 0 saturated carbocycles. The van der Waals surface area contributed by atoms with Gasteiger partial charge in [0.05, 0.1) is 11.5 Å². The zero-order valence-corrected chi connectivity index (χ0v) is 12.3. The Morgan fingerprint density at radius 3 is 1.94 bits per heavy atom. The largest absolute Gasteiger partial charge is 0.306 e. The summed E-state index contributed by atoms with van der Waals surface area (Å²) in [6, 6.07) is 0. The molecule has 2 aliphatic rings. The number of hydrogen-bond donors (Lipinski definition) is 0. The second-order valence-electron chi connectivity index (χ2n) is 5.61. The standard InChI is InChI=1S/C7H15N.C6H10O3S/c1-7-3-5-8(2)6-4-7;7-5-6-1-3-10(8,9)4-2-6/h7H,3-6H2,1-2H3;5-6H,1-4H2. The third-order valence-corrected chi connectivity index (χ3v) is 5.51. The third kappa shape index (κ3) is 5.96. The van der Waals surface area contributed by atoms with Gasteiger partial charge < -0.3 is 9.69 Å². The molecule has 0 amide bonds. The molecule has 0 aliphatic carbocycles. The van der Waals surface area contributed by atoms with Crippen molar-refractivity contribution in [3.8, 4) is 0 Å². The summed E-state index contributed by atoms with van der Waals surface area (Å²) in [6.45, 7) is 4.95. The normalized spacial score (nSPS) is 26.1. The zero-order chi connectivity index (χ0) is 13.6. The Hall–Kier alpha value is -0.420. The number of carbonyl (C=O) groups excluding carboxylic acids is 1. The molecule has 0 aromatic carbocycles. The van der Waals surface area contributed by atoms with Gasteiger partial charge in [-0.1, -0.05) is 6.92 Å². The first-order valence-electron chi connectivity index (χ1n) is 6.77. The van der Waals surface area contributed by atoms with E-state index in [0.29, 0.717) is 12.8 Å². The monoisotopic (exact) mass is 275 g/mol. The van der Waals surface area contributed by atoms with E-state index in [1.807, 2.05) is 0 Å². The molecule has 2 saturated heterocycles. The van der Waals surface area contributed by atoms with Crippen LogP contribution in [-0.4, -0.2) is 51.2 Å². The van der Waals surface area contributed by atoms with E-state index in [9.17, 15) is 13.2 Å². The number of rotatable bonds is 1. The minimum absolute atomic E-state index is 0.0106. The minimum Gasteiger partial charge on any atom is -0.306 e. The second-order valence-corrected chi connectivity index (χ2v) is 7.91. The number of hydrogen-bond acceptors (Lipinski definition) is 4. The van der Waals surface area contributed by atoms with Gasteiger partial charge in [0.15, 0.2) is 0 Å². The van der Waals surface area contributed by atoms with Crippen molar-refractivity contribution in [3.05, 3.63) is 0 Å². The van der Waals surface area contributed by atoms with Crippen molar-refractivity contribution in [3.63, 3.8) is 0 Å². The van der Waals surface area contributed by atoms with Gasteiger partial charge in [-0.2, -0.15) is 0 Å². The molecule has 18 heavy (non-hydrogen) atoms. The van der Waals surface area contributed by atoms with Crippen LogP contribution in [0, 0.1) is 11.8 Å². The summed E-state index contributed by atoms with van der Waals surface area (Å²) in [5.41, 5.74) is 0. The fraction of sp³-hybridized carbons (Fsp3) is 0.923. The van der Waals surface area contributed by atoms with Crippen molar-refractivity contribution < 1.29 is 13.2 Å². The molecule has 2 heterocycles. The fourth-order valence-corrected chi connectivity index (χ4v) is 3.71.